The molecule has 0 spiro atoms. The summed E-state index contributed by atoms with van der Waals surface area (Å²) >= 11 is 0. The Morgan fingerprint density at radius 2 is 2.06 bits per heavy atom. The molecular weight excluding hydrogens is 439 g/mol. The molecule has 14 heteroatoms. The zero-order chi connectivity index (χ0) is 23.5. The average molecular weight is 457 g/mol. The third-order valence-corrected chi connectivity index (χ3v) is 4.30. The third kappa shape index (κ3) is 5.86. The number of alkyl halides is 2. The molecule has 0 saturated heterocycles. The summed E-state index contributed by atoms with van der Waals surface area (Å²) in [5, 5.41) is 12.9. The molecular formula is C18H18F3N5O6. The predicted molar refractivity (Wildman–Crippen MR) is 102 cm³/mol. The van der Waals surface area contributed by atoms with Gasteiger partial charge in [-0.25, -0.2) is 27.9 Å². The van der Waals surface area contributed by atoms with E-state index in [9.17, 15) is 27.6 Å². The van der Waals surface area contributed by atoms with Crippen LogP contribution in [0, 0.1) is 11.7 Å². The van der Waals surface area contributed by atoms with Crippen molar-refractivity contribution in [3.8, 4) is 11.8 Å². The maximum atomic E-state index is 14.2. The number of H-pyrrole nitrogens is 1. The fourth-order valence-electron chi connectivity index (χ4n) is 2.49. The van der Waals surface area contributed by atoms with E-state index in [2.05, 4.69) is 25.6 Å². The van der Waals surface area contributed by atoms with Crippen LogP contribution in [-0.4, -0.2) is 57.2 Å². The van der Waals surface area contributed by atoms with Crippen molar-refractivity contribution in [3.05, 3.63) is 40.3 Å². The fourth-order valence-corrected chi connectivity index (χ4v) is 2.49. The van der Waals surface area contributed by atoms with E-state index in [1.54, 1.807) is 0 Å². The summed E-state index contributed by atoms with van der Waals surface area (Å²) < 4.78 is 50.1. The standard InChI is InChI=1S/C18H18F3N5O6/c1-8(24-17(29)30)6-32-16-23-5-12(14(27)26-16)25-15(28)13-11(19)2-10(4-22-13)31-7-9-3-18(9,20)21/h2,4-5,8-9,24H,3,6-7H2,1H3,(H,25,28)(H,29,30)(H,23,26,27)/t8-,9+/m0/s1. The van der Waals surface area contributed by atoms with Crippen molar-refractivity contribution in [1.82, 2.24) is 20.3 Å². The lowest BCUT2D eigenvalue weighted by Crippen LogP contribution is -2.36. The van der Waals surface area contributed by atoms with E-state index < -0.39 is 47.0 Å². The van der Waals surface area contributed by atoms with E-state index in [0.717, 1.165) is 18.5 Å². The van der Waals surface area contributed by atoms with Crippen LogP contribution in [-0.2, 0) is 0 Å². The van der Waals surface area contributed by atoms with Gasteiger partial charge in [0.1, 0.15) is 18.0 Å². The first-order valence-corrected chi connectivity index (χ1v) is 9.24. The number of ether oxygens (including phenoxy) is 2. The van der Waals surface area contributed by atoms with E-state index >= 15 is 0 Å². The van der Waals surface area contributed by atoms with Gasteiger partial charge in [-0.1, -0.05) is 0 Å². The van der Waals surface area contributed by atoms with Crippen molar-refractivity contribution < 1.29 is 37.3 Å². The third-order valence-electron chi connectivity index (χ3n) is 4.30. The number of hydrogen-bond donors (Lipinski definition) is 4. The lowest BCUT2D eigenvalue weighted by Gasteiger charge is -2.12. The highest BCUT2D eigenvalue weighted by molar-refractivity contribution is 6.02. The predicted octanol–water partition coefficient (Wildman–Crippen LogP) is 1.63. The molecule has 2 aromatic rings. The first-order valence-electron chi connectivity index (χ1n) is 9.24. The molecule has 0 radical (unpaired) electrons. The summed E-state index contributed by atoms with van der Waals surface area (Å²) in [6, 6.07) is 0.0202. The minimum atomic E-state index is -2.78. The van der Waals surface area contributed by atoms with Crippen LogP contribution in [0.1, 0.15) is 23.8 Å². The van der Waals surface area contributed by atoms with Crippen LogP contribution in [0.2, 0.25) is 0 Å². The van der Waals surface area contributed by atoms with Crippen molar-refractivity contribution in [1.29, 1.82) is 0 Å². The zero-order valence-corrected chi connectivity index (χ0v) is 16.5. The number of pyridine rings is 1. The van der Waals surface area contributed by atoms with Crippen LogP contribution in [0.25, 0.3) is 0 Å². The van der Waals surface area contributed by atoms with Crippen LogP contribution in [0.4, 0.5) is 23.7 Å². The summed E-state index contributed by atoms with van der Waals surface area (Å²) in [6.07, 6.45) is 0.427. The van der Waals surface area contributed by atoms with E-state index in [1.165, 1.54) is 6.92 Å². The number of halogens is 3. The number of aromatic amines is 1. The SMILES string of the molecule is C[C@@H](COc1ncc(NC(=O)c2ncc(OC[C@H]3CC3(F)F)cc2F)c(=O)[nH]1)NC(=O)O. The van der Waals surface area contributed by atoms with Gasteiger partial charge in [0.2, 0.25) is 0 Å². The molecule has 0 aliphatic heterocycles. The second-order valence-electron chi connectivity index (χ2n) is 7.02. The highest BCUT2D eigenvalue weighted by Crippen LogP contribution is 2.48. The molecule has 172 valence electrons. The minimum absolute atomic E-state index is 0.116. The van der Waals surface area contributed by atoms with E-state index in [-0.39, 0.29) is 37.1 Å². The molecule has 2 atom stereocenters. The summed E-state index contributed by atoms with van der Waals surface area (Å²) in [7, 11) is 0. The molecule has 1 aliphatic carbocycles. The van der Waals surface area contributed by atoms with Crippen molar-refractivity contribution in [2.24, 2.45) is 5.92 Å². The zero-order valence-electron chi connectivity index (χ0n) is 16.5. The molecule has 2 amide bonds. The molecule has 1 aliphatic rings. The highest BCUT2D eigenvalue weighted by atomic mass is 19.3. The summed E-state index contributed by atoms with van der Waals surface area (Å²) in [4.78, 5) is 44.5. The van der Waals surface area contributed by atoms with Gasteiger partial charge in [-0.15, -0.1) is 0 Å². The van der Waals surface area contributed by atoms with Crippen LogP contribution in [0.3, 0.4) is 0 Å². The minimum Gasteiger partial charge on any atom is -0.491 e. The number of anilines is 1. The van der Waals surface area contributed by atoms with Gasteiger partial charge in [0, 0.05) is 12.5 Å². The number of nitrogens with one attached hydrogen (secondary N) is 3. The Kier molecular flexibility index (Phi) is 6.50. The smallest absolute Gasteiger partial charge is 0.404 e. The number of hydrogen-bond acceptors (Lipinski definition) is 7. The molecule has 32 heavy (non-hydrogen) atoms. The van der Waals surface area contributed by atoms with Crippen molar-refractivity contribution in [3.63, 3.8) is 0 Å². The Morgan fingerprint density at radius 1 is 1.34 bits per heavy atom. The Labute approximate surface area is 178 Å². The molecule has 1 fully saturated rings. The van der Waals surface area contributed by atoms with Gasteiger partial charge in [-0.2, -0.15) is 0 Å². The molecule has 2 heterocycles. The number of amides is 2. The quantitative estimate of drug-likeness (QED) is 0.443. The Morgan fingerprint density at radius 3 is 2.66 bits per heavy atom. The summed E-state index contributed by atoms with van der Waals surface area (Å²) in [5.41, 5.74) is -1.79. The summed E-state index contributed by atoms with van der Waals surface area (Å²) in [5.74, 6) is -5.96. The normalized spacial score (nSPS) is 17.2. The van der Waals surface area contributed by atoms with Gasteiger partial charge in [-0.05, 0) is 6.92 Å². The number of nitrogens with zero attached hydrogens (tertiary/aromatic N) is 2. The molecule has 4 N–H and O–H groups in total. The second kappa shape index (κ2) is 9.11. The molecule has 2 aromatic heterocycles. The average Bonchev–Trinajstić information content (AvgIpc) is 3.32. The van der Waals surface area contributed by atoms with Crippen molar-refractivity contribution in [2.75, 3.05) is 18.5 Å². The van der Waals surface area contributed by atoms with Crippen LogP contribution >= 0.6 is 0 Å². The van der Waals surface area contributed by atoms with Crippen molar-refractivity contribution in [2.45, 2.75) is 25.3 Å². The van der Waals surface area contributed by atoms with Gasteiger partial charge in [0.25, 0.3) is 23.4 Å². The Hall–Kier alpha value is -3.84. The van der Waals surface area contributed by atoms with Gasteiger partial charge < -0.3 is 25.2 Å². The molecule has 0 unspecified atom stereocenters. The maximum absolute atomic E-state index is 14.2. The first-order chi connectivity index (χ1) is 15.0. The largest absolute Gasteiger partial charge is 0.491 e. The Balaban J connectivity index is 1.58. The van der Waals surface area contributed by atoms with Gasteiger partial charge in [0.15, 0.2) is 11.5 Å². The molecule has 1 saturated carbocycles. The van der Waals surface area contributed by atoms with Crippen LogP contribution in [0.5, 0.6) is 11.8 Å². The second-order valence-corrected chi connectivity index (χ2v) is 7.02. The van der Waals surface area contributed by atoms with Crippen molar-refractivity contribution >= 4 is 17.7 Å². The van der Waals surface area contributed by atoms with Gasteiger partial charge in [-0.3, -0.25) is 14.6 Å². The topological polar surface area (TPSA) is 156 Å². The molecule has 11 nitrogen and oxygen atoms in total. The van der Waals surface area contributed by atoms with E-state index in [0.29, 0.717) is 0 Å². The lowest BCUT2D eigenvalue weighted by molar-refractivity contribution is 0.0855. The van der Waals surface area contributed by atoms with Crippen LogP contribution in [0.15, 0.2) is 23.3 Å². The molecule has 3 rings (SSSR count). The number of carboxylic acid groups (broad SMARTS) is 1. The van der Waals surface area contributed by atoms with Crippen LogP contribution < -0.4 is 25.7 Å². The number of carbonyl (C=O) groups is 2. The van der Waals surface area contributed by atoms with Gasteiger partial charge >= 0.3 is 6.09 Å². The Bertz CT molecular complexity index is 1080. The summed E-state index contributed by atoms with van der Waals surface area (Å²) in [6.45, 7) is 1.10. The highest BCUT2D eigenvalue weighted by Gasteiger charge is 2.57. The number of carbonyl (C=O) groups excluding carboxylic acids is 1. The monoisotopic (exact) mass is 457 g/mol. The first kappa shape index (κ1) is 22.8. The fraction of sp³-hybridized carbons (Fsp3) is 0.389. The van der Waals surface area contributed by atoms with Gasteiger partial charge in [0.05, 0.1) is 31.0 Å². The number of rotatable bonds is 9. The molecule has 0 bridgehead atoms. The lowest BCUT2D eigenvalue weighted by atomic mass is 10.3. The van der Waals surface area contributed by atoms with E-state index in [1.807, 2.05) is 0 Å². The maximum Gasteiger partial charge on any atom is 0.404 e. The molecule has 0 aromatic carbocycles. The van der Waals surface area contributed by atoms with E-state index in [4.69, 9.17) is 14.6 Å². The number of aromatic nitrogens is 3.